The van der Waals surface area contributed by atoms with Gasteiger partial charge in [0.2, 0.25) is 0 Å². The van der Waals surface area contributed by atoms with Crippen molar-refractivity contribution in [3.8, 4) is 16.9 Å². The van der Waals surface area contributed by atoms with Crippen LogP contribution >= 0.6 is 0 Å². The fourth-order valence-corrected chi connectivity index (χ4v) is 1.70. The number of ether oxygens (including phenoxy) is 2. The summed E-state index contributed by atoms with van der Waals surface area (Å²) in [4.78, 5) is 17.8. The molecule has 0 atom stereocenters. The Morgan fingerprint density at radius 3 is 2.67 bits per heavy atom. The molecule has 0 saturated heterocycles. The summed E-state index contributed by atoms with van der Waals surface area (Å²) in [6.45, 7) is -0.244. The SMILES string of the molecule is COCOc1cc(C(F)(F)F)ccc1-c1cnc[nH]c1=O. The van der Waals surface area contributed by atoms with E-state index in [0.717, 1.165) is 12.1 Å². The van der Waals surface area contributed by atoms with E-state index in [2.05, 4.69) is 14.7 Å². The third-order valence-corrected chi connectivity index (χ3v) is 2.65. The summed E-state index contributed by atoms with van der Waals surface area (Å²) in [5, 5.41) is 0. The maximum Gasteiger partial charge on any atom is 0.416 e. The van der Waals surface area contributed by atoms with Gasteiger partial charge >= 0.3 is 6.18 Å². The number of methoxy groups -OCH3 is 1. The molecule has 0 aliphatic heterocycles. The van der Waals surface area contributed by atoms with E-state index in [4.69, 9.17) is 4.74 Å². The molecule has 0 aliphatic rings. The monoisotopic (exact) mass is 300 g/mol. The fraction of sp³-hybridized carbons (Fsp3) is 0.231. The molecule has 2 aromatic rings. The third-order valence-electron chi connectivity index (χ3n) is 2.65. The number of aromatic nitrogens is 2. The van der Waals surface area contributed by atoms with Gasteiger partial charge in [-0.05, 0) is 18.2 Å². The standard InChI is InChI=1S/C13H11F3N2O3/c1-20-7-21-11-4-8(13(14,15)16)2-3-9(11)10-5-17-6-18-12(10)19/h2-6H,7H2,1H3,(H,17,18,19). The van der Waals surface area contributed by atoms with Crippen molar-refractivity contribution in [2.24, 2.45) is 0 Å². The molecule has 5 nitrogen and oxygen atoms in total. The maximum absolute atomic E-state index is 12.7. The van der Waals surface area contributed by atoms with Crippen LogP contribution in [0, 0.1) is 0 Å². The molecule has 0 fully saturated rings. The van der Waals surface area contributed by atoms with Gasteiger partial charge in [0, 0.05) is 18.9 Å². The van der Waals surface area contributed by atoms with Crippen molar-refractivity contribution in [1.29, 1.82) is 0 Å². The van der Waals surface area contributed by atoms with Crippen LogP contribution in [-0.4, -0.2) is 23.9 Å². The van der Waals surface area contributed by atoms with Crippen molar-refractivity contribution in [2.45, 2.75) is 6.18 Å². The van der Waals surface area contributed by atoms with Gasteiger partial charge in [0.1, 0.15) is 5.75 Å². The van der Waals surface area contributed by atoms with Gasteiger partial charge in [-0.25, -0.2) is 4.98 Å². The van der Waals surface area contributed by atoms with Crippen molar-refractivity contribution in [2.75, 3.05) is 13.9 Å². The zero-order valence-electron chi connectivity index (χ0n) is 10.9. The molecule has 0 bridgehead atoms. The van der Waals surface area contributed by atoms with E-state index in [9.17, 15) is 18.0 Å². The molecular weight excluding hydrogens is 289 g/mol. The molecule has 8 heteroatoms. The van der Waals surface area contributed by atoms with Crippen LogP contribution in [0.5, 0.6) is 5.75 Å². The summed E-state index contributed by atoms with van der Waals surface area (Å²) in [7, 11) is 1.34. The predicted octanol–water partition coefficient (Wildman–Crippen LogP) is 2.44. The predicted molar refractivity (Wildman–Crippen MR) is 67.8 cm³/mol. The number of nitrogens with one attached hydrogen (secondary N) is 1. The van der Waals surface area contributed by atoms with Gasteiger partial charge in [-0.2, -0.15) is 13.2 Å². The van der Waals surface area contributed by atoms with Crippen LogP contribution in [-0.2, 0) is 10.9 Å². The van der Waals surface area contributed by atoms with Crippen LogP contribution in [0.4, 0.5) is 13.2 Å². The van der Waals surface area contributed by atoms with Gasteiger partial charge in [0.25, 0.3) is 5.56 Å². The van der Waals surface area contributed by atoms with E-state index >= 15 is 0 Å². The maximum atomic E-state index is 12.7. The zero-order chi connectivity index (χ0) is 15.5. The van der Waals surface area contributed by atoms with Crippen molar-refractivity contribution in [3.63, 3.8) is 0 Å². The van der Waals surface area contributed by atoms with Crippen LogP contribution in [0.2, 0.25) is 0 Å². The highest BCUT2D eigenvalue weighted by molar-refractivity contribution is 5.69. The highest BCUT2D eigenvalue weighted by Gasteiger charge is 2.31. The Morgan fingerprint density at radius 1 is 1.29 bits per heavy atom. The van der Waals surface area contributed by atoms with Crippen LogP contribution in [0.3, 0.4) is 0 Å². The van der Waals surface area contributed by atoms with Gasteiger partial charge < -0.3 is 14.5 Å². The van der Waals surface area contributed by atoms with Crippen molar-refractivity contribution in [1.82, 2.24) is 9.97 Å². The Hall–Kier alpha value is -2.35. The lowest BCUT2D eigenvalue weighted by Gasteiger charge is -2.13. The number of halogens is 3. The molecule has 0 radical (unpaired) electrons. The smallest absolute Gasteiger partial charge is 0.416 e. The number of hydrogen-bond donors (Lipinski definition) is 1. The number of nitrogens with zero attached hydrogens (tertiary/aromatic N) is 1. The van der Waals surface area contributed by atoms with Crippen molar-refractivity contribution >= 4 is 0 Å². The Balaban J connectivity index is 2.55. The minimum atomic E-state index is -4.51. The van der Waals surface area contributed by atoms with E-state index in [0.29, 0.717) is 0 Å². The molecule has 0 spiro atoms. The first kappa shape index (κ1) is 15.0. The summed E-state index contributed by atoms with van der Waals surface area (Å²) in [6.07, 6.45) is -2.07. The van der Waals surface area contributed by atoms with Gasteiger partial charge in [-0.15, -0.1) is 0 Å². The highest BCUT2D eigenvalue weighted by atomic mass is 19.4. The molecule has 0 saturated carbocycles. The quantitative estimate of drug-likeness (QED) is 0.881. The number of aromatic amines is 1. The fourth-order valence-electron chi connectivity index (χ4n) is 1.70. The number of H-pyrrole nitrogens is 1. The molecule has 1 heterocycles. The Bertz CT molecular complexity index is 683. The minimum absolute atomic E-state index is 0.106. The van der Waals surface area contributed by atoms with E-state index in [1.165, 1.54) is 25.7 Å². The molecule has 112 valence electrons. The second-order valence-electron chi connectivity index (χ2n) is 4.05. The summed E-state index contributed by atoms with van der Waals surface area (Å²) in [5.74, 6) is -0.106. The first-order valence-corrected chi connectivity index (χ1v) is 5.79. The zero-order valence-corrected chi connectivity index (χ0v) is 10.9. The van der Waals surface area contributed by atoms with Crippen molar-refractivity contribution < 1.29 is 22.6 Å². The summed E-state index contributed by atoms with van der Waals surface area (Å²) < 4.78 is 48.0. The third kappa shape index (κ3) is 3.40. The van der Waals surface area contributed by atoms with Gasteiger partial charge in [0.05, 0.1) is 17.5 Å². The normalized spacial score (nSPS) is 11.4. The average Bonchev–Trinajstić information content (AvgIpc) is 2.44. The topological polar surface area (TPSA) is 64.2 Å². The number of alkyl halides is 3. The lowest BCUT2D eigenvalue weighted by atomic mass is 10.0. The first-order valence-electron chi connectivity index (χ1n) is 5.79. The molecular formula is C13H11F3N2O3. The number of benzene rings is 1. The minimum Gasteiger partial charge on any atom is -0.467 e. The molecule has 0 unspecified atom stereocenters. The summed E-state index contributed by atoms with van der Waals surface area (Å²) in [5.41, 5.74) is -1.04. The molecule has 1 aromatic carbocycles. The lowest BCUT2D eigenvalue weighted by molar-refractivity contribution is -0.137. The first-order chi connectivity index (χ1) is 9.93. The Labute approximate surface area is 117 Å². The molecule has 1 N–H and O–H groups in total. The van der Waals surface area contributed by atoms with Crippen LogP contribution < -0.4 is 10.3 Å². The molecule has 21 heavy (non-hydrogen) atoms. The van der Waals surface area contributed by atoms with E-state index in [1.54, 1.807) is 0 Å². The second kappa shape index (κ2) is 5.96. The Morgan fingerprint density at radius 2 is 2.05 bits per heavy atom. The average molecular weight is 300 g/mol. The number of rotatable bonds is 4. The summed E-state index contributed by atoms with van der Waals surface area (Å²) >= 11 is 0. The van der Waals surface area contributed by atoms with Crippen LogP contribution in [0.15, 0.2) is 35.5 Å². The van der Waals surface area contributed by atoms with E-state index < -0.39 is 17.3 Å². The molecule has 2 rings (SSSR count). The van der Waals surface area contributed by atoms with E-state index in [-0.39, 0.29) is 23.7 Å². The lowest BCUT2D eigenvalue weighted by Crippen LogP contribution is -2.11. The van der Waals surface area contributed by atoms with E-state index in [1.807, 2.05) is 0 Å². The molecule has 0 amide bonds. The molecule has 1 aromatic heterocycles. The molecule has 0 aliphatic carbocycles. The van der Waals surface area contributed by atoms with Gasteiger partial charge in [-0.3, -0.25) is 4.79 Å². The summed E-state index contributed by atoms with van der Waals surface area (Å²) in [6, 6.07) is 2.86. The highest BCUT2D eigenvalue weighted by Crippen LogP contribution is 2.36. The van der Waals surface area contributed by atoms with Crippen LogP contribution in [0.25, 0.3) is 11.1 Å². The van der Waals surface area contributed by atoms with Crippen molar-refractivity contribution in [3.05, 3.63) is 46.6 Å². The number of hydrogen-bond acceptors (Lipinski definition) is 4. The van der Waals surface area contributed by atoms with Gasteiger partial charge in [0.15, 0.2) is 6.79 Å². The Kier molecular flexibility index (Phi) is 4.27. The largest absolute Gasteiger partial charge is 0.467 e. The second-order valence-corrected chi connectivity index (χ2v) is 4.05. The van der Waals surface area contributed by atoms with Gasteiger partial charge in [-0.1, -0.05) is 0 Å². The van der Waals surface area contributed by atoms with Crippen LogP contribution in [0.1, 0.15) is 5.56 Å².